The smallest absolute Gasteiger partial charge is 0.125 e. The summed E-state index contributed by atoms with van der Waals surface area (Å²) in [5.41, 5.74) is 1.06. The number of benzene rings is 1. The molecule has 0 spiro atoms. The Morgan fingerprint density at radius 3 is 2.69 bits per heavy atom. The van der Waals surface area contributed by atoms with E-state index in [1.165, 1.54) is 32.1 Å². The lowest BCUT2D eigenvalue weighted by Gasteiger charge is -2.24. The molecule has 0 aliphatic heterocycles. The molecular weight excluding hydrogens is 287 g/mol. The van der Waals surface area contributed by atoms with E-state index in [1.807, 2.05) is 18.2 Å². The van der Waals surface area contributed by atoms with Crippen molar-refractivity contribution in [3.63, 3.8) is 0 Å². The monoisotopic (exact) mass is 302 g/mol. The number of halogens is 2. The van der Waals surface area contributed by atoms with E-state index in [1.54, 1.807) is 0 Å². The van der Waals surface area contributed by atoms with Crippen LogP contribution in [0, 0.1) is 0 Å². The second-order valence-electron chi connectivity index (χ2n) is 4.23. The van der Waals surface area contributed by atoms with Crippen molar-refractivity contribution in [3.8, 4) is 5.75 Å². The number of ether oxygens (including phenoxy) is 1. The van der Waals surface area contributed by atoms with Crippen LogP contribution < -0.4 is 4.74 Å². The molecule has 1 nitrogen and oxygen atoms in total. The average Bonchev–Trinajstić information content (AvgIpc) is 2.31. The predicted octanol–water partition coefficient (Wildman–Crippen LogP) is 4.95. The van der Waals surface area contributed by atoms with Crippen LogP contribution in [-0.4, -0.2) is 6.10 Å². The first-order valence-corrected chi connectivity index (χ1v) is 7.31. The topological polar surface area (TPSA) is 9.23 Å². The van der Waals surface area contributed by atoms with Crippen molar-refractivity contribution in [2.45, 2.75) is 43.5 Å². The van der Waals surface area contributed by atoms with Crippen molar-refractivity contribution >= 4 is 27.5 Å². The van der Waals surface area contributed by atoms with E-state index in [0.717, 1.165) is 21.7 Å². The Morgan fingerprint density at radius 1 is 1.25 bits per heavy atom. The van der Waals surface area contributed by atoms with Crippen molar-refractivity contribution in [2.24, 2.45) is 0 Å². The predicted molar refractivity (Wildman–Crippen MR) is 71.6 cm³/mol. The van der Waals surface area contributed by atoms with Crippen molar-refractivity contribution in [1.29, 1.82) is 0 Å². The second-order valence-corrected chi connectivity index (χ2v) is 5.20. The van der Waals surface area contributed by atoms with E-state index in [9.17, 15) is 0 Å². The van der Waals surface area contributed by atoms with E-state index in [0.29, 0.717) is 6.10 Å². The quantitative estimate of drug-likeness (QED) is 0.718. The molecule has 1 fully saturated rings. The highest BCUT2D eigenvalue weighted by Crippen LogP contribution is 2.31. The third-order valence-corrected chi connectivity index (χ3v) is 3.97. The Labute approximate surface area is 110 Å². The first-order valence-electron chi connectivity index (χ1n) is 5.81. The lowest BCUT2D eigenvalue weighted by molar-refractivity contribution is 0.154. The van der Waals surface area contributed by atoms with Crippen molar-refractivity contribution < 1.29 is 4.74 Å². The Bertz CT molecular complexity index is 348. The van der Waals surface area contributed by atoms with E-state index >= 15 is 0 Å². The van der Waals surface area contributed by atoms with Crippen LogP contribution in [0.2, 0.25) is 5.02 Å². The van der Waals surface area contributed by atoms with Crippen LogP contribution in [0.5, 0.6) is 5.75 Å². The summed E-state index contributed by atoms with van der Waals surface area (Å²) in [4.78, 5) is 0. The van der Waals surface area contributed by atoms with Crippen LogP contribution >= 0.6 is 27.5 Å². The zero-order valence-corrected chi connectivity index (χ0v) is 11.6. The molecule has 2 rings (SSSR count). The molecule has 1 aliphatic carbocycles. The lowest BCUT2D eigenvalue weighted by Crippen LogP contribution is -2.20. The first-order chi connectivity index (χ1) is 7.81. The summed E-state index contributed by atoms with van der Waals surface area (Å²) in [5, 5.41) is 1.53. The van der Waals surface area contributed by atoms with Gasteiger partial charge in [0, 0.05) is 15.9 Å². The summed E-state index contributed by atoms with van der Waals surface area (Å²) in [6, 6.07) is 5.87. The molecule has 1 aromatic carbocycles. The molecule has 0 aromatic heterocycles. The Morgan fingerprint density at radius 2 is 2.00 bits per heavy atom. The molecule has 0 unspecified atom stereocenters. The van der Waals surface area contributed by atoms with Crippen LogP contribution in [0.4, 0.5) is 0 Å². The number of hydrogen-bond donors (Lipinski definition) is 0. The van der Waals surface area contributed by atoms with Gasteiger partial charge in [-0.15, -0.1) is 0 Å². The minimum absolute atomic E-state index is 0.380. The maximum Gasteiger partial charge on any atom is 0.125 e. The number of alkyl halides is 1. The lowest BCUT2D eigenvalue weighted by atomic mass is 9.98. The van der Waals surface area contributed by atoms with Gasteiger partial charge in [0.15, 0.2) is 0 Å². The van der Waals surface area contributed by atoms with Crippen LogP contribution in [0.15, 0.2) is 18.2 Å². The fourth-order valence-electron chi connectivity index (χ4n) is 2.14. The third kappa shape index (κ3) is 2.92. The van der Waals surface area contributed by atoms with Gasteiger partial charge in [-0.25, -0.2) is 0 Å². The van der Waals surface area contributed by atoms with Crippen molar-refractivity contribution in [3.05, 3.63) is 28.8 Å². The molecular formula is C13H16BrClO. The summed E-state index contributed by atoms with van der Waals surface area (Å²) in [7, 11) is 0. The minimum atomic E-state index is 0.380. The van der Waals surface area contributed by atoms with Crippen LogP contribution in [0.25, 0.3) is 0 Å². The number of rotatable bonds is 3. The fraction of sp³-hybridized carbons (Fsp3) is 0.538. The molecule has 0 atom stereocenters. The molecule has 88 valence electrons. The average molecular weight is 304 g/mol. The number of hydrogen-bond acceptors (Lipinski definition) is 1. The highest BCUT2D eigenvalue weighted by Gasteiger charge is 2.16. The Hall–Kier alpha value is -0.210. The zero-order chi connectivity index (χ0) is 11.4. The maximum atomic E-state index is 6.14. The van der Waals surface area contributed by atoms with Gasteiger partial charge >= 0.3 is 0 Å². The minimum Gasteiger partial charge on any atom is -0.490 e. The fourth-order valence-corrected chi connectivity index (χ4v) is 3.11. The van der Waals surface area contributed by atoms with Gasteiger partial charge in [-0.1, -0.05) is 40.0 Å². The summed E-state index contributed by atoms with van der Waals surface area (Å²) >= 11 is 9.60. The van der Waals surface area contributed by atoms with Crippen LogP contribution in [0.1, 0.15) is 37.7 Å². The van der Waals surface area contributed by atoms with Crippen molar-refractivity contribution in [2.75, 3.05) is 0 Å². The van der Waals surface area contributed by atoms with Gasteiger partial charge < -0.3 is 4.74 Å². The maximum absolute atomic E-state index is 6.14. The zero-order valence-electron chi connectivity index (χ0n) is 9.22. The first kappa shape index (κ1) is 12.3. The van der Waals surface area contributed by atoms with E-state index < -0.39 is 0 Å². The molecule has 0 saturated heterocycles. The molecule has 1 saturated carbocycles. The molecule has 0 heterocycles. The molecule has 0 N–H and O–H groups in total. The second kappa shape index (κ2) is 5.92. The Kier molecular flexibility index (Phi) is 4.54. The van der Waals surface area contributed by atoms with Gasteiger partial charge in [0.25, 0.3) is 0 Å². The summed E-state index contributed by atoms with van der Waals surface area (Å²) in [6.45, 7) is 0. The molecule has 0 amide bonds. The molecule has 1 aliphatic rings. The highest BCUT2D eigenvalue weighted by atomic mass is 79.9. The van der Waals surface area contributed by atoms with E-state index in [4.69, 9.17) is 16.3 Å². The van der Waals surface area contributed by atoms with Gasteiger partial charge in [0.05, 0.1) is 6.10 Å². The van der Waals surface area contributed by atoms with Gasteiger partial charge in [-0.2, -0.15) is 0 Å². The van der Waals surface area contributed by atoms with Crippen LogP contribution in [0.3, 0.4) is 0 Å². The van der Waals surface area contributed by atoms with Crippen molar-refractivity contribution in [1.82, 2.24) is 0 Å². The molecule has 3 heteroatoms. The molecule has 0 radical (unpaired) electrons. The third-order valence-electron chi connectivity index (χ3n) is 3.06. The summed E-state index contributed by atoms with van der Waals surface area (Å²) < 4.78 is 6.04. The van der Waals surface area contributed by atoms with Gasteiger partial charge in [-0.05, 0) is 37.8 Å². The molecule has 0 bridgehead atoms. The van der Waals surface area contributed by atoms with Gasteiger partial charge in [0.2, 0.25) is 0 Å². The SMILES string of the molecule is Clc1cccc(OC2CCCCC2)c1CBr. The van der Waals surface area contributed by atoms with Gasteiger partial charge in [-0.3, -0.25) is 0 Å². The Balaban J connectivity index is 2.10. The van der Waals surface area contributed by atoms with E-state index in [-0.39, 0.29) is 0 Å². The molecule has 16 heavy (non-hydrogen) atoms. The van der Waals surface area contributed by atoms with E-state index in [2.05, 4.69) is 15.9 Å². The van der Waals surface area contributed by atoms with Crippen LogP contribution in [-0.2, 0) is 5.33 Å². The summed E-state index contributed by atoms with van der Waals surface area (Å²) in [5.74, 6) is 0.941. The normalized spacial score (nSPS) is 17.4. The largest absolute Gasteiger partial charge is 0.490 e. The molecule has 1 aromatic rings. The van der Waals surface area contributed by atoms with Gasteiger partial charge in [0.1, 0.15) is 5.75 Å². The standard InChI is InChI=1S/C13H16BrClO/c14-9-11-12(15)7-4-8-13(11)16-10-5-2-1-3-6-10/h4,7-8,10H,1-3,5-6,9H2. The summed E-state index contributed by atoms with van der Waals surface area (Å²) in [6.07, 6.45) is 6.65. The highest BCUT2D eigenvalue weighted by molar-refractivity contribution is 9.08.